The van der Waals surface area contributed by atoms with Gasteiger partial charge in [0, 0.05) is 25.2 Å². The minimum Gasteiger partial charge on any atom is -0.342 e. The summed E-state index contributed by atoms with van der Waals surface area (Å²) in [5.41, 5.74) is 0.466. The van der Waals surface area contributed by atoms with Crippen LogP contribution in [0.4, 0.5) is 0 Å². The molecule has 1 atom stereocenters. The first kappa shape index (κ1) is 19.6. The van der Waals surface area contributed by atoms with E-state index in [0.717, 1.165) is 12.8 Å². The third kappa shape index (κ3) is 4.10. The van der Waals surface area contributed by atoms with Crippen molar-refractivity contribution in [3.05, 3.63) is 29.8 Å². The lowest BCUT2D eigenvalue weighted by Gasteiger charge is -2.36. The Morgan fingerprint density at radius 3 is 2.24 bits per heavy atom. The Morgan fingerprint density at radius 2 is 1.72 bits per heavy atom. The molecule has 1 aromatic rings. The normalized spacial score (nSPS) is 18.8. The van der Waals surface area contributed by atoms with Crippen molar-refractivity contribution in [2.45, 2.75) is 51.0 Å². The molecule has 1 aromatic carbocycles. The second-order valence-corrected chi connectivity index (χ2v) is 8.11. The molecule has 1 heterocycles. The summed E-state index contributed by atoms with van der Waals surface area (Å²) in [6.45, 7) is 6.69. The molecule has 1 aliphatic rings. The minimum absolute atomic E-state index is 0.114. The molecule has 0 saturated carbocycles. The predicted molar refractivity (Wildman–Crippen MR) is 95.9 cm³/mol. The molecule has 0 N–H and O–H groups in total. The summed E-state index contributed by atoms with van der Waals surface area (Å²) in [7, 11) is -3.77. The number of amides is 1. The number of likely N-dealkylation sites (N-methyl/N-ethyl adjacent to an activating group) is 1. The van der Waals surface area contributed by atoms with Gasteiger partial charge in [0.25, 0.3) is 0 Å². The average Bonchev–Trinajstić information content (AvgIpc) is 2.62. The van der Waals surface area contributed by atoms with Crippen LogP contribution in [0.3, 0.4) is 0 Å². The summed E-state index contributed by atoms with van der Waals surface area (Å²) in [6, 6.07) is 5.27. The zero-order chi connectivity index (χ0) is 18.6. The highest BCUT2D eigenvalue weighted by atomic mass is 32.2. The largest absolute Gasteiger partial charge is 0.342 e. The van der Waals surface area contributed by atoms with Crippen molar-refractivity contribution < 1.29 is 18.0 Å². The Hall–Kier alpha value is -1.73. The second kappa shape index (κ2) is 8.10. The van der Waals surface area contributed by atoms with E-state index in [1.54, 1.807) is 4.90 Å². The van der Waals surface area contributed by atoms with E-state index in [9.17, 15) is 18.0 Å². The van der Waals surface area contributed by atoms with Gasteiger partial charge in [0.1, 0.15) is 6.04 Å². The molecular weight excluding hydrogens is 340 g/mol. The number of piperidine rings is 1. The van der Waals surface area contributed by atoms with Gasteiger partial charge in [-0.15, -0.1) is 0 Å². The lowest BCUT2D eigenvalue weighted by Crippen LogP contribution is -2.52. The first-order chi connectivity index (χ1) is 11.8. The average molecular weight is 366 g/mol. The van der Waals surface area contributed by atoms with Crippen LogP contribution in [0.25, 0.3) is 0 Å². The Bertz CT molecular complexity index is 724. The molecule has 1 saturated heterocycles. The fourth-order valence-corrected chi connectivity index (χ4v) is 4.83. The first-order valence-electron chi connectivity index (χ1n) is 8.74. The van der Waals surface area contributed by atoms with Crippen LogP contribution in [0.1, 0.15) is 50.4 Å². The summed E-state index contributed by atoms with van der Waals surface area (Å²) in [5.74, 6) is -0.245. The highest BCUT2D eigenvalue weighted by Crippen LogP contribution is 2.27. The lowest BCUT2D eigenvalue weighted by molar-refractivity contribution is -0.135. The molecule has 0 bridgehead atoms. The molecule has 1 amide bonds. The number of carbonyl (C=O) groups is 2. The van der Waals surface area contributed by atoms with E-state index in [-0.39, 0.29) is 16.6 Å². The number of Topliss-reactive ketones (excluding diaryl/α,β-unsaturated/α-hetero) is 1. The number of benzene rings is 1. The van der Waals surface area contributed by atoms with E-state index in [1.165, 1.54) is 35.5 Å². The third-order valence-corrected chi connectivity index (χ3v) is 6.60. The molecule has 0 spiro atoms. The summed E-state index contributed by atoms with van der Waals surface area (Å²) in [6.07, 6.45) is 2.12. The van der Waals surface area contributed by atoms with Gasteiger partial charge in [-0.3, -0.25) is 9.59 Å². The van der Waals surface area contributed by atoms with E-state index in [4.69, 9.17) is 0 Å². The molecule has 1 aliphatic heterocycles. The molecule has 6 nitrogen and oxygen atoms in total. The molecule has 1 fully saturated rings. The maximum atomic E-state index is 13.1. The van der Waals surface area contributed by atoms with Crippen LogP contribution in [-0.4, -0.2) is 55.0 Å². The quantitative estimate of drug-likeness (QED) is 0.724. The molecule has 0 radical (unpaired) electrons. The van der Waals surface area contributed by atoms with Gasteiger partial charge < -0.3 is 4.90 Å². The Labute approximate surface area is 149 Å². The van der Waals surface area contributed by atoms with Gasteiger partial charge >= 0.3 is 0 Å². The summed E-state index contributed by atoms with van der Waals surface area (Å²) >= 11 is 0. The molecular formula is C18H26N2O4S. The van der Waals surface area contributed by atoms with Crippen LogP contribution < -0.4 is 0 Å². The van der Waals surface area contributed by atoms with E-state index in [1.807, 2.05) is 13.8 Å². The highest BCUT2D eigenvalue weighted by Gasteiger charge is 2.38. The number of ketones is 1. The van der Waals surface area contributed by atoms with Crippen molar-refractivity contribution in [2.75, 3.05) is 19.6 Å². The zero-order valence-electron chi connectivity index (χ0n) is 15.1. The monoisotopic (exact) mass is 366 g/mol. The summed E-state index contributed by atoms with van der Waals surface area (Å²) in [5, 5.41) is 0. The molecule has 0 aromatic heterocycles. The molecule has 0 aliphatic carbocycles. The van der Waals surface area contributed by atoms with Gasteiger partial charge in [0.15, 0.2) is 5.78 Å². The van der Waals surface area contributed by atoms with Crippen LogP contribution in [-0.2, 0) is 14.8 Å². The van der Waals surface area contributed by atoms with Gasteiger partial charge in [-0.1, -0.05) is 18.6 Å². The maximum Gasteiger partial charge on any atom is 0.243 e. The number of rotatable bonds is 6. The number of nitrogens with zero attached hydrogens (tertiary/aromatic N) is 2. The van der Waals surface area contributed by atoms with Crippen LogP contribution in [0, 0.1) is 0 Å². The smallest absolute Gasteiger partial charge is 0.243 e. The van der Waals surface area contributed by atoms with Crippen LogP contribution in [0.5, 0.6) is 0 Å². The molecule has 7 heteroatoms. The van der Waals surface area contributed by atoms with Crippen LogP contribution in [0.2, 0.25) is 0 Å². The Morgan fingerprint density at radius 1 is 1.12 bits per heavy atom. The first-order valence-corrected chi connectivity index (χ1v) is 10.2. The lowest BCUT2D eigenvalue weighted by atomic mass is 10.0. The van der Waals surface area contributed by atoms with Crippen molar-refractivity contribution in [1.29, 1.82) is 0 Å². The summed E-state index contributed by atoms with van der Waals surface area (Å²) in [4.78, 5) is 25.9. The molecule has 2 rings (SSSR count). The van der Waals surface area contributed by atoms with Gasteiger partial charge in [0.2, 0.25) is 15.9 Å². The third-order valence-electron chi connectivity index (χ3n) is 4.68. The Kier molecular flexibility index (Phi) is 6.35. The van der Waals surface area contributed by atoms with Gasteiger partial charge in [-0.25, -0.2) is 8.42 Å². The zero-order valence-corrected chi connectivity index (χ0v) is 15.9. The predicted octanol–water partition coefficient (Wildman–Crippen LogP) is 2.30. The molecule has 1 unspecified atom stereocenters. The highest BCUT2D eigenvalue weighted by molar-refractivity contribution is 7.89. The van der Waals surface area contributed by atoms with E-state index in [2.05, 4.69) is 0 Å². The van der Waals surface area contributed by atoms with Crippen molar-refractivity contribution >= 4 is 21.7 Å². The van der Waals surface area contributed by atoms with E-state index < -0.39 is 16.1 Å². The topological polar surface area (TPSA) is 74.8 Å². The van der Waals surface area contributed by atoms with Crippen molar-refractivity contribution in [2.24, 2.45) is 0 Å². The van der Waals surface area contributed by atoms with Crippen LogP contribution >= 0.6 is 0 Å². The van der Waals surface area contributed by atoms with Crippen molar-refractivity contribution in [3.63, 3.8) is 0 Å². The van der Waals surface area contributed by atoms with Gasteiger partial charge in [-0.05, 0) is 45.7 Å². The number of sulfonamides is 1. The van der Waals surface area contributed by atoms with E-state index >= 15 is 0 Å². The van der Waals surface area contributed by atoms with Crippen LogP contribution in [0.15, 0.2) is 29.2 Å². The fourth-order valence-electron chi connectivity index (χ4n) is 3.18. The SMILES string of the molecule is CCN(CC)C(=O)C1CCCCN1S(=O)(=O)c1ccc(C(C)=O)cc1. The second-order valence-electron chi connectivity index (χ2n) is 6.22. The minimum atomic E-state index is -3.77. The summed E-state index contributed by atoms with van der Waals surface area (Å²) < 4.78 is 27.4. The fraction of sp³-hybridized carbons (Fsp3) is 0.556. The maximum absolute atomic E-state index is 13.1. The number of hydrogen-bond donors (Lipinski definition) is 0. The number of carbonyl (C=O) groups excluding carboxylic acids is 2. The van der Waals surface area contributed by atoms with Gasteiger partial charge in [0.05, 0.1) is 4.90 Å². The van der Waals surface area contributed by atoms with Gasteiger partial charge in [-0.2, -0.15) is 4.31 Å². The molecule has 138 valence electrons. The number of hydrogen-bond acceptors (Lipinski definition) is 4. The molecule has 25 heavy (non-hydrogen) atoms. The van der Waals surface area contributed by atoms with Crippen molar-refractivity contribution in [3.8, 4) is 0 Å². The van der Waals surface area contributed by atoms with E-state index in [0.29, 0.717) is 31.6 Å². The standard InChI is InChI=1S/C18H26N2O4S/c1-4-19(5-2)18(22)17-8-6-7-13-20(17)25(23,24)16-11-9-15(10-12-16)14(3)21/h9-12,17H,4-8,13H2,1-3H3. The van der Waals surface area contributed by atoms with Crippen molar-refractivity contribution in [1.82, 2.24) is 9.21 Å². The Balaban J connectivity index is 2.34.